The maximum absolute atomic E-state index is 12.4. The summed E-state index contributed by atoms with van der Waals surface area (Å²) in [4.78, 5) is 20.1. The number of piperidine rings is 1. The first-order chi connectivity index (χ1) is 8.77. The molecule has 1 aliphatic rings. The van der Waals surface area contributed by atoms with Gasteiger partial charge in [-0.05, 0) is 31.4 Å². The lowest BCUT2D eigenvalue weighted by Crippen LogP contribution is -2.35. The first-order valence-electron chi connectivity index (χ1n) is 6.19. The Balaban J connectivity index is 1.98. The van der Waals surface area contributed by atoms with E-state index in [4.69, 9.17) is 5.73 Å². The molecule has 0 atom stereocenters. The van der Waals surface area contributed by atoms with Gasteiger partial charge in [0.25, 0.3) is 5.91 Å². The van der Waals surface area contributed by atoms with Crippen LogP contribution < -0.4 is 5.73 Å². The first kappa shape index (κ1) is 11.5. The Kier molecular flexibility index (Phi) is 2.91. The molecule has 0 unspecified atom stereocenters. The van der Waals surface area contributed by atoms with Crippen molar-refractivity contribution < 1.29 is 4.79 Å². The van der Waals surface area contributed by atoms with Crippen LogP contribution in [0.25, 0.3) is 10.2 Å². The van der Waals surface area contributed by atoms with Gasteiger partial charge in [-0.1, -0.05) is 0 Å². The van der Waals surface area contributed by atoms with E-state index in [-0.39, 0.29) is 5.91 Å². The molecule has 3 rings (SSSR count). The van der Waals surface area contributed by atoms with Crippen molar-refractivity contribution in [3.05, 3.63) is 23.2 Å². The van der Waals surface area contributed by atoms with Crippen LogP contribution in [0.1, 0.15) is 28.9 Å². The Morgan fingerprint density at radius 2 is 2.11 bits per heavy atom. The number of rotatable bonds is 1. The first-order valence-corrected chi connectivity index (χ1v) is 7.01. The van der Waals surface area contributed by atoms with E-state index in [2.05, 4.69) is 4.98 Å². The zero-order valence-electron chi connectivity index (χ0n) is 10.1. The van der Waals surface area contributed by atoms with Crippen molar-refractivity contribution in [2.24, 2.45) is 0 Å². The molecule has 2 aromatic heterocycles. The zero-order valence-corrected chi connectivity index (χ0v) is 10.9. The third kappa shape index (κ3) is 1.84. The average Bonchev–Trinajstić information content (AvgIpc) is 2.77. The highest BCUT2D eigenvalue weighted by molar-refractivity contribution is 7.21. The summed E-state index contributed by atoms with van der Waals surface area (Å²) in [7, 11) is 0. The van der Waals surface area contributed by atoms with Gasteiger partial charge in [-0.15, -0.1) is 11.3 Å². The number of hydrogen-bond donors (Lipinski definition) is 1. The lowest BCUT2D eigenvalue weighted by molar-refractivity contribution is 0.0730. The number of nitrogens with zero attached hydrogens (tertiary/aromatic N) is 2. The maximum atomic E-state index is 12.4. The molecular weight excluding hydrogens is 246 g/mol. The predicted molar refractivity (Wildman–Crippen MR) is 73.8 cm³/mol. The fourth-order valence-corrected chi connectivity index (χ4v) is 3.38. The third-order valence-corrected chi connectivity index (χ3v) is 4.46. The lowest BCUT2D eigenvalue weighted by atomic mass is 10.1. The van der Waals surface area contributed by atoms with E-state index in [0.717, 1.165) is 36.1 Å². The summed E-state index contributed by atoms with van der Waals surface area (Å²) < 4.78 is 0. The van der Waals surface area contributed by atoms with Crippen LogP contribution in [0.5, 0.6) is 0 Å². The van der Waals surface area contributed by atoms with Crippen LogP contribution in [0.15, 0.2) is 18.3 Å². The van der Waals surface area contributed by atoms with E-state index < -0.39 is 0 Å². The average molecular weight is 261 g/mol. The molecule has 1 saturated heterocycles. The van der Waals surface area contributed by atoms with E-state index in [1.165, 1.54) is 17.8 Å². The van der Waals surface area contributed by atoms with Crippen molar-refractivity contribution in [1.82, 2.24) is 9.88 Å². The third-order valence-electron chi connectivity index (χ3n) is 3.34. The second kappa shape index (κ2) is 4.57. The highest BCUT2D eigenvalue weighted by Gasteiger charge is 2.23. The highest BCUT2D eigenvalue weighted by atomic mass is 32.1. The number of fused-ring (bicyclic) bond motifs is 1. The molecule has 0 radical (unpaired) electrons. The molecule has 94 valence electrons. The Labute approximate surface area is 109 Å². The number of nitrogens with two attached hydrogens (primary N) is 1. The fourth-order valence-electron chi connectivity index (χ4n) is 2.35. The summed E-state index contributed by atoms with van der Waals surface area (Å²) in [5.41, 5.74) is 6.65. The van der Waals surface area contributed by atoms with Gasteiger partial charge in [0.15, 0.2) is 0 Å². The van der Waals surface area contributed by atoms with Gasteiger partial charge in [-0.25, -0.2) is 4.98 Å². The maximum Gasteiger partial charge on any atom is 0.266 e. The minimum Gasteiger partial charge on any atom is -0.397 e. The molecule has 0 bridgehead atoms. The molecule has 2 N–H and O–H groups in total. The topological polar surface area (TPSA) is 59.2 Å². The number of aromatic nitrogens is 1. The number of nitrogen functional groups attached to an aromatic ring is 1. The Morgan fingerprint density at radius 3 is 2.83 bits per heavy atom. The number of pyridine rings is 1. The Bertz CT molecular complexity index is 587. The van der Waals surface area contributed by atoms with Crippen LogP contribution in [0.4, 0.5) is 5.69 Å². The number of carbonyl (C=O) groups is 1. The molecule has 1 amide bonds. The number of hydrogen-bond acceptors (Lipinski definition) is 4. The largest absolute Gasteiger partial charge is 0.397 e. The molecule has 18 heavy (non-hydrogen) atoms. The summed E-state index contributed by atoms with van der Waals surface area (Å²) >= 11 is 1.40. The van der Waals surface area contributed by atoms with Crippen LogP contribution in [0, 0.1) is 0 Å². The van der Waals surface area contributed by atoms with Crippen molar-refractivity contribution in [3.8, 4) is 0 Å². The second-order valence-corrected chi connectivity index (χ2v) is 5.55. The van der Waals surface area contributed by atoms with Gasteiger partial charge in [0.05, 0.1) is 5.69 Å². The van der Waals surface area contributed by atoms with Crippen LogP contribution in [0.2, 0.25) is 0 Å². The molecule has 1 fully saturated rings. The van der Waals surface area contributed by atoms with Gasteiger partial charge in [0.2, 0.25) is 0 Å². The second-order valence-electron chi connectivity index (χ2n) is 4.55. The predicted octanol–water partition coefficient (Wildman–Crippen LogP) is 2.50. The SMILES string of the molecule is Nc1c(C(=O)N2CCCCC2)sc2ncccc12. The van der Waals surface area contributed by atoms with Crippen molar-refractivity contribution in [3.63, 3.8) is 0 Å². The number of carbonyl (C=O) groups excluding carboxylic acids is 1. The van der Waals surface area contributed by atoms with Gasteiger partial charge in [0.1, 0.15) is 9.71 Å². The minimum absolute atomic E-state index is 0.0650. The summed E-state index contributed by atoms with van der Waals surface area (Å²) in [5, 5.41) is 0.892. The minimum atomic E-state index is 0.0650. The van der Waals surface area contributed by atoms with Gasteiger partial charge in [0, 0.05) is 24.7 Å². The van der Waals surface area contributed by atoms with Crippen molar-refractivity contribution >= 4 is 33.1 Å². The van der Waals surface area contributed by atoms with Crippen molar-refractivity contribution in [1.29, 1.82) is 0 Å². The van der Waals surface area contributed by atoms with Crippen LogP contribution in [-0.4, -0.2) is 28.9 Å². The molecule has 1 aliphatic heterocycles. The zero-order chi connectivity index (χ0) is 12.5. The molecule has 3 heterocycles. The number of thiophene rings is 1. The number of anilines is 1. The summed E-state index contributed by atoms with van der Waals surface area (Å²) in [6.45, 7) is 1.69. The lowest BCUT2D eigenvalue weighted by Gasteiger charge is -2.26. The van der Waals surface area contributed by atoms with E-state index in [1.807, 2.05) is 17.0 Å². The monoisotopic (exact) mass is 261 g/mol. The van der Waals surface area contributed by atoms with E-state index in [0.29, 0.717) is 10.6 Å². The van der Waals surface area contributed by atoms with Crippen molar-refractivity contribution in [2.45, 2.75) is 19.3 Å². The Morgan fingerprint density at radius 1 is 1.33 bits per heavy atom. The van der Waals surface area contributed by atoms with E-state index in [9.17, 15) is 4.79 Å². The quantitative estimate of drug-likeness (QED) is 0.858. The summed E-state index contributed by atoms with van der Waals surface area (Å²) in [6, 6.07) is 3.77. The molecule has 4 nitrogen and oxygen atoms in total. The molecule has 5 heteroatoms. The summed E-state index contributed by atoms with van der Waals surface area (Å²) in [5.74, 6) is 0.0650. The molecule has 0 aliphatic carbocycles. The van der Waals surface area contributed by atoms with Gasteiger partial charge in [-0.3, -0.25) is 4.79 Å². The Hall–Kier alpha value is -1.62. The van der Waals surface area contributed by atoms with E-state index in [1.54, 1.807) is 6.20 Å². The van der Waals surface area contributed by atoms with Crippen LogP contribution >= 0.6 is 11.3 Å². The fraction of sp³-hybridized carbons (Fsp3) is 0.385. The highest BCUT2D eigenvalue weighted by Crippen LogP contribution is 2.33. The van der Waals surface area contributed by atoms with Gasteiger partial charge in [-0.2, -0.15) is 0 Å². The van der Waals surface area contributed by atoms with E-state index >= 15 is 0 Å². The number of likely N-dealkylation sites (tertiary alicyclic amines) is 1. The standard InChI is InChI=1S/C13H15N3OS/c14-10-9-5-4-6-15-12(9)18-11(10)13(17)16-7-2-1-3-8-16/h4-6H,1-3,7-8,14H2. The normalized spacial score (nSPS) is 16.1. The molecular formula is C13H15N3OS. The molecule has 0 saturated carbocycles. The van der Waals surface area contributed by atoms with Gasteiger partial charge >= 0.3 is 0 Å². The van der Waals surface area contributed by atoms with Crippen LogP contribution in [-0.2, 0) is 0 Å². The van der Waals surface area contributed by atoms with Crippen LogP contribution in [0.3, 0.4) is 0 Å². The number of amides is 1. The smallest absolute Gasteiger partial charge is 0.266 e. The van der Waals surface area contributed by atoms with Crippen molar-refractivity contribution in [2.75, 3.05) is 18.8 Å². The molecule has 0 aromatic carbocycles. The molecule has 2 aromatic rings. The summed E-state index contributed by atoms with van der Waals surface area (Å²) in [6.07, 6.45) is 5.13. The molecule has 0 spiro atoms. The van der Waals surface area contributed by atoms with Gasteiger partial charge < -0.3 is 10.6 Å².